The normalized spacial score (nSPS) is 35.6. The molecule has 0 aromatic carbocycles. The number of carbonyl (C=O) groups is 2. The van der Waals surface area contributed by atoms with Crippen molar-refractivity contribution in [2.75, 3.05) is 13.2 Å². The lowest BCUT2D eigenvalue weighted by molar-refractivity contribution is -0.144. The van der Waals surface area contributed by atoms with E-state index in [1.54, 1.807) is 0 Å². The summed E-state index contributed by atoms with van der Waals surface area (Å²) in [5.41, 5.74) is 0. The van der Waals surface area contributed by atoms with Crippen LogP contribution in [0.5, 0.6) is 0 Å². The molecule has 5 heteroatoms. The van der Waals surface area contributed by atoms with Gasteiger partial charge in [0.1, 0.15) is 0 Å². The van der Waals surface area contributed by atoms with E-state index < -0.39 is 11.9 Å². The number of carboxylic acids is 1. The molecule has 1 saturated heterocycles. The van der Waals surface area contributed by atoms with Crippen molar-refractivity contribution in [3.05, 3.63) is 0 Å². The molecule has 2 rings (SSSR count). The Balaban J connectivity index is 1.94. The largest absolute Gasteiger partial charge is 0.481 e. The number of nitrogens with one attached hydrogen (secondary N) is 1. The van der Waals surface area contributed by atoms with Crippen molar-refractivity contribution in [2.45, 2.75) is 45.1 Å². The van der Waals surface area contributed by atoms with Crippen LogP contribution in [-0.2, 0) is 14.3 Å². The van der Waals surface area contributed by atoms with E-state index in [2.05, 4.69) is 5.32 Å². The van der Waals surface area contributed by atoms with E-state index in [0.717, 1.165) is 25.7 Å². The van der Waals surface area contributed by atoms with Crippen LogP contribution in [0.1, 0.15) is 39.0 Å². The van der Waals surface area contributed by atoms with Crippen molar-refractivity contribution < 1.29 is 19.4 Å². The third kappa shape index (κ3) is 3.47. The van der Waals surface area contributed by atoms with Crippen LogP contribution in [0.2, 0.25) is 0 Å². The molecular formula is C14H23NO4. The van der Waals surface area contributed by atoms with Gasteiger partial charge in [-0.2, -0.15) is 0 Å². The predicted molar refractivity (Wildman–Crippen MR) is 69.6 cm³/mol. The standard InChI is InChI=1S/C14H23NO4/c1-9-8-19-7-6-10(9)13(16)15-12-5-3-2-4-11(12)14(17)18/h9-12H,2-8H2,1H3,(H,15,16)(H,17,18). The smallest absolute Gasteiger partial charge is 0.308 e. The molecule has 1 amide bonds. The molecule has 1 heterocycles. The second-order valence-corrected chi connectivity index (χ2v) is 5.79. The minimum atomic E-state index is -0.787. The highest BCUT2D eigenvalue weighted by atomic mass is 16.5. The average Bonchev–Trinajstić information content (AvgIpc) is 2.39. The highest BCUT2D eigenvalue weighted by molar-refractivity contribution is 5.80. The summed E-state index contributed by atoms with van der Waals surface area (Å²) in [5, 5.41) is 12.2. The van der Waals surface area contributed by atoms with Gasteiger partial charge in [0.05, 0.1) is 5.92 Å². The molecule has 19 heavy (non-hydrogen) atoms. The van der Waals surface area contributed by atoms with Crippen LogP contribution in [0.25, 0.3) is 0 Å². The lowest BCUT2D eigenvalue weighted by Crippen LogP contribution is -2.49. The Kier molecular flexibility index (Phi) is 4.80. The van der Waals surface area contributed by atoms with Gasteiger partial charge in [-0.25, -0.2) is 0 Å². The lowest BCUT2D eigenvalue weighted by Gasteiger charge is -2.33. The first-order chi connectivity index (χ1) is 9.09. The van der Waals surface area contributed by atoms with Crippen molar-refractivity contribution in [1.82, 2.24) is 5.32 Å². The molecule has 1 aliphatic heterocycles. The van der Waals surface area contributed by atoms with Gasteiger partial charge in [-0.05, 0) is 25.2 Å². The molecule has 0 radical (unpaired) electrons. The molecule has 1 saturated carbocycles. The molecule has 0 aromatic rings. The Morgan fingerprint density at radius 2 is 1.89 bits per heavy atom. The fourth-order valence-corrected chi connectivity index (χ4v) is 3.16. The first kappa shape index (κ1) is 14.3. The molecule has 5 nitrogen and oxygen atoms in total. The van der Waals surface area contributed by atoms with E-state index in [9.17, 15) is 14.7 Å². The maximum Gasteiger partial charge on any atom is 0.308 e. The zero-order valence-electron chi connectivity index (χ0n) is 11.4. The second-order valence-electron chi connectivity index (χ2n) is 5.79. The van der Waals surface area contributed by atoms with E-state index in [4.69, 9.17) is 4.74 Å². The Bertz CT molecular complexity index is 344. The van der Waals surface area contributed by atoms with Gasteiger partial charge in [0, 0.05) is 25.2 Å². The maximum absolute atomic E-state index is 12.3. The molecule has 4 atom stereocenters. The van der Waals surface area contributed by atoms with E-state index in [-0.39, 0.29) is 23.8 Å². The number of aliphatic carboxylic acids is 1. The summed E-state index contributed by atoms with van der Waals surface area (Å²) in [5.74, 6) is -1.03. The van der Waals surface area contributed by atoms with Crippen molar-refractivity contribution in [3.63, 3.8) is 0 Å². The minimum Gasteiger partial charge on any atom is -0.481 e. The molecule has 2 fully saturated rings. The zero-order valence-corrected chi connectivity index (χ0v) is 11.4. The Morgan fingerprint density at radius 3 is 2.58 bits per heavy atom. The number of rotatable bonds is 3. The lowest BCUT2D eigenvalue weighted by atomic mass is 9.83. The number of amides is 1. The maximum atomic E-state index is 12.3. The first-order valence-electron chi connectivity index (χ1n) is 7.20. The van der Waals surface area contributed by atoms with Gasteiger partial charge in [0.25, 0.3) is 0 Å². The summed E-state index contributed by atoms with van der Waals surface area (Å²) in [6.45, 7) is 3.25. The van der Waals surface area contributed by atoms with E-state index >= 15 is 0 Å². The summed E-state index contributed by atoms with van der Waals surface area (Å²) in [6, 6.07) is -0.200. The molecule has 0 aromatic heterocycles. The van der Waals surface area contributed by atoms with Gasteiger partial charge in [-0.1, -0.05) is 19.8 Å². The molecular weight excluding hydrogens is 246 g/mol. The highest BCUT2D eigenvalue weighted by Crippen LogP contribution is 2.27. The second kappa shape index (κ2) is 6.37. The number of carboxylic acid groups (broad SMARTS) is 1. The summed E-state index contributed by atoms with van der Waals surface area (Å²) in [7, 11) is 0. The quantitative estimate of drug-likeness (QED) is 0.812. The molecule has 2 aliphatic rings. The average molecular weight is 269 g/mol. The minimum absolute atomic E-state index is 0.00829. The summed E-state index contributed by atoms with van der Waals surface area (Å²) >= 11 is 0. The molecule has 1 aliphatic carbocycles. The Labute approximate surface area is 113 Å². The molecule has 0 spiro atoms. The topological polar surface area (TPSA) is 75.6 Å². The van der Waals surface area contributed by atoms with Gasteiger partial charge in [-0.15, -0.1) is 0 Å². The summed E-state index contributed by atoms with van der Waals surface area (Å²) in [6.07, 6.45) is 4.12. The van der Waals surface area contributed by atoms with Crippen LogP contribution >= 0.6 is 0 Å². The van der Waals surface area contributed by atoms with E-state index in [1.165, 1.54) is 0 Å². The molecule has 4 unspecified atom stereocenters. The molecule has 0 bridgehead atoms. The number of hydrogen-bond acceptors (Lipinski definition) is 3. The van der Waals surface area contributed by atoms with Gasteiger partial charge in [0.2, 0.25) is 5.91 Å². The Morgan fingerprint density at radius 1 is 1.16 bits per heavy atom. The summed E-state index contributed by atoms with van der Waals surface area (Å²) < 4.78 is 5.34. The third-order valence-electron chi connectivity index (χ3n) is 4.39. The van der Waals surface area contributed by atoms with E-state index in [0.29, 0.717) is 19.6 Å². The third-order valence-corrected chi connectivity index (χ3v) is 4.39. The highest BCUT2D eigenvalue weighted by Gasteiger charge is 2.35. The fraction of sp³-hybridized carbons (Fsp3) is 0.857. The van der Waals surface area contributed by atoms with Crippen LogP contribution in [0.3, 0.4) is 0 Å². The first-order valence-corrected chi connectivity index (χ1v) is 7.20. The van der Waals surface area contributed by atoms with Gasteiger partial charge >= 0.3 is 5.97 Å². The monoisotopic (exact) mass is 269 g/mol. The summed E-state index contributed by atoms with van der Waals surface area (Å²) in [4.78, 5) is 23.5. The van der Waals surface area contributed by atoms with Crippen LogP contribution in [-0.4, -0.2) is 36.2 Å². The number of carbonyl (C=O) groups excluding carboxylic acids is 1. The van der Waals surface area contributed by atoms with Gasteiger partial charge in [-0.3, -0.25) is 9.59 Å². The van der Waals surface area contributed by atoms with Crippen molar-refractivity contribution in [3.8, 4) is 0 Å². The van der Waals surface area contributed by atoms with Crippen LogP contribution in [0.4, 0.5) is 0 Å². The Hall–Kier alpha value is -1.10. The fourth-order valence-electron chi connectivity index (χ4n) is 3.16. The van der Waals surface area contributed by atoms with E-state index in [1.807, 2.05) is 6.92 Å². The van der Waals surface area contributed by atoms with Crippen LogP contribution in [0, 0.1) is 17.8 Å². The van der Waals surface area contributed by atoms with Crippen LogP contribution in [0.15, 0.2) is 0 Å². The molecule has 108 valence electrons. The number of ether oxygens (including phenoxy) is 1. The van der Waals surface area contributed by atoms with Crippen molar-refractivity contribution >= 4 is 11.9 Å². The van der Waals surface area contributed by atoms with Crippen molar-refractivity contribution in [1.29, 1.82) is 0 Å². The van der Waals surface area contributed by atoms with Crippen molar-refractivity contribution in [2.24, 2.45) is 17.8 Å². The molecule has 2 N–H and O–H groups in total. The van der Waals surface area contributed by atoms with Gasteiger partial charge < -0.3 is 15.2 Å². The van der Waals surface area contributed by atoms with Gasteiger partial charge in [0.15, 0.2) is 0 Å². The number of hydrogen-bond donors (Lipinski definition) is 2. The predicted octanol–water partition coefficient (Wildman–Crippen LogP) is 1.42. The zero-order chi connectivity index (χ0) is 13.8. The SMILES string of the molecule is CC1COCCC1C(=O)NC1CCCCC1C(=O)O. The van der Waals surface area contributed by atoms with Crippen LogP contribution < -0.4 is 5.32 Å².